The van der Waals surface area contributed by atoms with Gasteiger partial charge < -0.3 is 15.3 Å². The topological polar surface area (TPSA) is 35.5 Å². The molecule has 0 fully saturated rings. The van der Waals surface area contributed by atoms with Crippen LogP contribution in [0, 0.1) is 6.92 Å². The van der Waals surface area contributed by atoms with Crippen molar-refractivity contribution in [1.82, 2.24) is 5.32 Å². The first-order valence-corrected chi connectivity index (χ1v) is 7.96. The van der Waals surface area contributed by atoms with E-state index in [1.54, 1.807) is 0 Å². The molecular formula is C18H32N2O. The van der Waals surface area contributed by atoms with Crippen molar-refractivity contribution in [3.8, 4) is 0 Å². The van der Waals surface area contributed by atoms with Crippen molar-refractivity contribution in [2.45, 2.75) is 66.1 Å². The number of hydrogen-bond donors (Lipinski definition) is 2. The summed E-state index contributed by atoms with van der Waals surface area (Å²) in [5, 5.41) is 12.6. The van der Waals surface area contributed by atoms with E-state index in [9.17, 15) is 0 Å². The zero-order valence-electron chi connectivity index (χ0n) is 14.5. The fourth-order valence-corrected chi connectivity index (χ4v) is 2.41. The molecule has 0 spiro atoms. The smallest absolute Gasteiger partial charge is 0.0447 e. The van der Waals surface area contributed by atoms with Gasteiger partial charge in [0.25, 0.3) is 0 Å². The van der Waals surface area contributed by atoms with E-state index in [-0.39, 0.29) is 12.1 Å². The molecule has 1 aromatic carbocycles. The fraction of sp³-hybridized carbons (Fsp3) is 0.667. The highest BCUT2D eigenvalue weighted by Gasteiger charge is 2.13. The van der Waals surface area contributed by atoms with Gasteiger partial charge in [-0.25, -0.2) is 0 Å². The Morgan fingerprint density at radius 3 is 2.38 bits per heavy atom. The first-order valence-electron chi connectivity index (χ1n) is 7.96. The van der Waals surface area contributed by atoms with E-state index in [1.807, 2.05) is 0 Å². The third-order valence-electron chi connectivity index (χ3n) is 3.57. The summed E-state index contributed by atoms with van der Waals surface area (Å²) in [5.74, 6) is 0. The van der Waals surface area contributed by atoms with Crippen LogP contribution in [-0.2, 0) is 6.54 Å². The Hall–Kier alpha value is -1.06. The Labute approximate surface area is 130 Å². The molecule has 0 saturated heterocycles. The third-order valence-corrected chi connectivity index (χ3v) is 3.57. The van der Waals surface area contributed by atoms with Crippen molar-refractivity contribution in [3.05, 3.63) is 29.3 Å². The molecule has 0 aromatic heterocycles. The summed E-state index contributed by atoms with van der Waals surface area (Å²) >= 11 is 0. The Morgan fingerprint density at radius 1 is 1.24 bits per heavy atom. The Balaban J connectivity index is 2.84. The number of aryl methyl sites for hydroxylation is 1. The lowest BCUT2D eigenvalue weighted by molar-refractivity contribution is 0.288. The third kappa shape index (κ3) is 6.06. The normalized spacial score (nSPS) is 12.0. The van der Waals surface area contributed by atoms with Crippen LogP contribution in [0.3, 0.4) is 0 Å². The maximum Gasteiger partial charge on any atom is 0.0447 e. The van der Waals surface area contributed by atoms with Crippen LogP contribution in [0.1, 0.15) is 52.2 Å². The molecule has 0 saturated carbocycles. The van der Waals surface area contributed by atoms with E-state index in [0.29, 0.717) is 6.04 Å². The minimum absolute atomic E-state index is 0.137. The van der Waals surface area contributed by atoms with Gasteiger partial charge in [0.2, 0.25) is 0 Å². The number of nitrogens with one attached hydrogen (secondary N) is 1. The first-order chi connectivity index (χ1) is 9.74. The maximum atomic E-state index is 9.07. The molecule has 0 aliphatic rings. The average Bonchev–Trinajstić information content (AvgIpc) is 2.37. The largest absolute Gasteiger partial charge is 0.396 e. The van der Waals surface area contributed by atoms with Gasteiger partial charge in [0.05, 0.1) is 0 Å². The van der Waals surface area contributed by atoms with E-state index < -0.39 is 0 Å². The Bertz CT molecular complexity index is 435. The van der Waals surface area contributed by atoms with Crippen LogP contribution in [-0.4, -0.2) is 29.8 Å². The number of aliphatic hydroxyl groups is 1. The number of aliphatic hydroxyl groups excluding tert-OH is 1. The lowest BCUT2D eigenvalue weighted by Crippen LogP contribution is -2.35. The van der Waals surface area contributed by atoms with Crippen molar-refractivity contribution in [2.75, 3.05) is 18.1 Å². The predicted molar refractivity (Wildman–Crippen MR) is 92.0 cm³/mol. The number of rotatable bonds is 7. The molecule has 3 nitrogen and oxygen atoms in total. The van der Waals surface area contributed by atoms with Gasteiger partial charge in [-0.15, -0.1) is 0 Å². The molecule has 0 atom stereocenters. The number of hydrogen-bond acceptors (Lipinski definition) is 3. The van der Waals surface area contributed by atoms with Gasteiger partial charge in [-0.2, -0.15) is 0 Å². The fourth-order valence-electron chi connectivity index (χ4n) is 2.41. The number of anilines is 1. The second-order valence-electron chi connectivity index (χ2n) is 7.09. The lowest BCUT2D eigenvalue weighted by Gasteiger charge is -2.31. The van der Waals surface area contributed by atoms with Crippen LogP contribution < -0.4 is 10.2 Å². The van der Waals surface area contributed by atoms with Crippen LogP contribution in [0.2, 0.25) is 0 Å². The van der Waals surface area contributed by atoms with Crippen molar-refractivity contribution in [2.24, 2.45) is 0 Å². The quantitative estimate of drug-likeness (QED) is 0.807. The van der Waals surface area contributed by atoms with Crippen LogP contribution in [0.4, 0.5) is 5.69 Å². The summed E-state index contributed by atoms with van der Waals surface area (Å²) in [6.07, 6.45) is 0.810. The summed E-state index contributed by atoms with van der Waals surface area (Å²) in [6.45, 7) is 15.2. The number of benzene rings is 1. The summed E-state index contributed by atoms with van der Waals surface area (Å²) < 4.78 is 0. The monoisotopic (exact) mass is 292 g/mol. The molecule has 120 valence electrons. The highest BCUT2D eigenvalue weighted by atomic mass is 16.3. The molecule has 0 unspecified atom stereocenters. The van der Waals surface area contributed by atoms with E-state index in [2.05, 4.69) is 70.0 Å². The second kappa shape index (κ2) is 7.81. The highest BCUT2D eigenvalue weighted by molar-refractivity contribution is 5.55. The van der Waals surface area contributed by atoms with Gasteiger partial charge in [0.1, 0.15) is 0 Å². The summed E-state index contributed by atoms with van der Waals surface area (Å²) in [7, 11) is 0. The molecular weight excluding hydrogens is 260 g/mol. The number of nitrogens with zero attached hydrogens (tertiary/aromatic N) is 1. The minimum atomic E-state index is 0.137. The van der Waals surface area contributed by atoms with E-state index in [4.69, 9.17) is 5.11 Å². The Morgan fingerprint density at radius 2 is 1.90 bits per heavy atom. The predicted octanol–water partition coefficient (Wildman–Crippen LogP) is 3.48. The van der Waals surface area contributed by atoms with Crippen molar-refractivity contribution < 1.29 is 5.11 Å². The van der Waals surface area contributed by atoms with E-state index >= 15 is 0 Å². The van der Waals surface area contributed by atoms with Crippen LogP contribution in [0.25, 0.3) is 0 Å². The first kappa shape index (κ1) is 18.0. The van der Waals surface area contributed by atoms with Gasteiger partial charge in [-0.1, -0.05) is 12.1 Å². The van der Waals surface area contributed by atoms with Gasteiger partial charge >= 0.3 is 0 Å². The standard InChI is InChI=1S/C18H32N2O/c1-14(2)20(10-7-11-21)17-9-8-16(12-15(17)3)13-19-18(4,5)6/h8-9,12,14,19,21H,7,10-11,13H2,1-6H3. The highest BCUT2D eigenvalue weighted by Crippen LogP contribution is 2.24. The van der Waals surface area contributed by atoms with Crippen LogP contribution in [0.15, 0.2) is 18.2 Å². The van der Waals surface area contributed by atoms with E-state index in [0.717, 1.165) is 19.5 Å². The zero-order chi connectivity index (χ0) is 16.0. The molecule has 0 bridgehead atoms. The van der Waals surface area contributed by atoms with Gasteiger partial charge in [0.15, 0.2) is 0 Å². The van der Waals surface area contributed by atoms with Gasteiger partial charge in [-0.3, -0.25) is 0 Å². The van der Waals surface area contributed by atoms with Crippen molar-refractivity contribution in [1.29, 1.82) is 0 Å². The Kier molecular flexibility index (Phi) is 6.69. The molecule has 2 N–H and O–H groups in total. The molecule has 0 heterocycles. The van der Waals surface area contributed by atoms with Crippen molar-refractivity contribution in [3.63, 3.8) is 0 Å². The zero-order valence-corrected chi connectivity index (χ0v) is 14.5. The van der Waals surface area contributed by atoms with Gasteiger partial charge in [0, 0.05) is 37.0 Å². The molecule has 21 heavy (non-hydrogen) atoms. The van der Waals surface area contributed by atoms with Crippen molar-refractivity contribution >= 4 is 5.69 Å². The molecule has 1 aromatic rings. The summed E-state index contributed by atoms with van der Waals surface area (Å²) in [4.78, 5) is 2.37. The van der Waals surface area contributed by atoms with Crippen LogP contribution in [0.5, 0.6) is 0 Å². The van der Waals surface area contributed by atoms with E-state index in [1.165, 1.54) is 16.8 Å². The summed E-state index contributed by atoms with van der Waals surface area (Å²) in [6, 6.07) is 7.12. The maximum absolute atomic E-state index is 9.07. The molecule has 0 aliphatic heterocycles. The lowest BCUT2D eigenvalue weighted by atomic mass is 10.0. The SMILES string of the molecule is Cc1cc(CNC(C)(C)C)ccc1N(CCCO)C(C)C. The average molecular weight is 292 g/mol. The second-order valence-corrected chi connectivity index (χ2v) is 7.09. The van der Waals surface area contributed by atoms with Gasteiger partial charge in [-0.05, 0) is 65.2 Å². The molecule has 0 radical (unpaired) electrons. The molecule has 1 rings (SSSR count). The molecule has 0 aliphatic carbocycles. The summed E-state index contributed by atoms with van der Waals surface area (Å²) in [5.41, 5.74) is 4.03. The minimum Gasteiger partial charge on any atom is -0.396 e. The molecule has 3 heteroatoms. The van der Waals surface area contributed by atoms with Crippen LogP contribution >= 0.6 is 0 Å². The molecule has 0 amide bonds.